The molecule has 0 aliphatic carbocycles. The fraction of sp³-hybridized carbons (Fsp3) is 0. The van der Waals surface area contributed by atoms with Crippen LogP contribution in [0.15, 0.2) is 252 Å². The number of nitrogens with one attached hydrogen (secondary N) is 2. The van der Waals surface area contributed by atoms with E-state index in [0.29, 0.717) is 40.2 Å². The van der Waals surface area contributed by atoms with Crippen molar-refractivity contribution in [1.82, 2.24) is 39.9 Å². The van der Waals surface area contributed by atoms with Gasteiger partial charge in [-0.2, -0.15) is 0 Å². The van der Waals surface area contributed by atoms with Gasteiger partial charge in [0.15, 0.2) is 29.3 Å². The van der Waals surface area contributed by atoms with E-state index in [0.717, 1.165) is 88.5 Å². The van der Waals surface area contributed by atoms with Gasteiger partial charge >= 0.3 is 70.1 Å². The van der Waals surface area contributed by atoms with Crippen molar-refractivity contribution in [2.75, 3.05) is 0 Å². The largest absolute Gasteiger partial charge is 2.00 e. The summed E-state index contributed by atoms with van der Waals surface area (Å²) >= 11 is 4.25. The van der Waals surface area contributed by atoms with Gasteiger partial charge in [-0.05, 0) is 77.5 Å². The molecular weight excluding hydrogens is 1140 g/mol. The second-order valence-electron chi connectivity index (χ2n) is 18.2. The van der Waals surface area contributed by atoms with Gasteiger partial charge in [0.05, 0.1) is 51.7 Å². The van der Waals surface area contributed by atoms with Gasteiger partial charge in [0.2, 0.25) is 23.2 Å². The summed E-state index contributed by atoms with van der Waals surface area (Å²) in [6.07, 6.45) is 21.8. The molecule has 0 amide bonds. The van der Waals surface area contributed by atoms with E-state index in [2.05, 4.69) is 49.8 Å². The monoisotopic (exact) mass is 1180 g/mol. The molecule has 15 rings (SSSR count). The van der Waals surface area contributed by atoms with Gasteiger partial charge in [-0.25, -0.2) is 24.9 Å². The molecule has 0 aliphatic heterocycles. The summed E-state index contributed by atoms with van der Waals surface area (Å²) < 4.78 is 32.4. The molecule has 11 heterocycles. The van der Waals surface area contributed by atoms with Crippen LogP contribution in [0.1, 0.15) is 0 Å². The van der Waals surface area contributed by atoms with E-state index in [-0.39, 0.29) is 31.7 Å². The Morgan fingerprint density at radius 1 is 0.437 bits per heavy atom. The number of H-pyrrole nitrogens is 2. The number of aromatic amines is 2. The third-order valence-electron chi connectivity index (χ3n) is 13.0. The van der Waals surface area contributed by atoms with Crippen LogP contribution in [0.4, 0.5) is 0 Å². The fourth-order valence-corrected chi connectivity index (χ4v) is 9.68. The summed E-state index contributed by atoms with van der Waals surface area (Å²) in [5.41, 5.74) is 8.95. The van der Waals surface area contributed by atoms with E-state index in [9.17, 15) is 10.2 Å². The number of para-hydroxylation sites is 3. The van der Waals surface area contributed by atoms with Crippen molar-refractivity contribution in [1.29, 1.82) is 0 Å². The first-order chi connectivity index (χ1) is 41.9. The Morgan fingerprint density at radius 3 is 1.80 bits per heavy atom. The van der Waals surface area contributed by atoms with E-state index >= 15 is 0 Å². The molecule has 18 nitrogen and oxygen atoms in total. The van der Waals surface area contributed by atoms with Crippen LogP contribution in [0.25, 0.3) is 112 Å². The van der Waals surface area contributed by atoms with E-state index in [1.807, 2.05) is 140 Å². The Labute approximate surface area is 529 Å². The van der Waals surface area contributed by atoms with E-state index in [1.165, 1.54) is 74.5 Å². The van der Waals surface area contributed by atoms with Crippen LogP contribution in [0.2, 0.25) is 0 Å². The molecule has 0 saturated carbocycles. The van der Waals surface area contributed by atoms with Crippen LogP contribution in [0, 0.1) is 0 Å². The molecule has 87 heavy (non-hydrogen) atoms. The molecule has 23 heteroatoms. The third kappa shape index (κ3) is 14.4. The van der Waals surface area contributed by atoms with Gasteiger partial charge in [-0.3, -0.25) is 24.9 Å². The zero-order valence-corrected chi connectivity index (χ0v) is 50.6. The summed E-state index contributed by atoms with van der Waals surface area (Å²) in [6, 6.07) is 49.4. The molecule has 15 aromatic rings. The minimum atomic E-state index is -0.0693. The summed E-state index contributed by atoms with van der Waals surface area (Å²) in [7, 11) is 0. The quantitative estimate of drug-likeness (QED) is 0.129. The number of hydrogen-bond acceptors (Lipinski definition) is 16. The fourth-order valence-electron chi connectivity index (χ4n) is 8.94. The zero-order valence-electron chi connectivity index (χ0n) is 46.4. The van der Waals surface area contributed by atoms with E-state index < -0.39 is 0 Å². The number of fused-ring (bicyclic) bond motifs is 6. The molecule has 0 aliphatic rings. The summed E-state index contributed by atoms with van der Waals surface area (Å²) in [5, 5.41) is 29.9. The molecule has 11 aromatic heterocycles. The first kappa shape index (κ1) is 61.6. The molecular formula is C64H44Al3Be2N10O8+4. The molecule has 2 N–H and O–H groups in total. The molecule has 4 aromatic carbocycles. The van der Waals surface area contributed by atoms with E-state index in [4.69, 9.17) is 24.6 Å². The average molecular weight is 1180 g/mol. The van der Waals surface area contributed by atoms with Gasteiger partial charge in [-0.1, -0.05) is 90.4 Å². The maximum atomic E-state index is 11.8. The van der Waals surface area contributed by atoms with Crippen LogP contribution >= 0.6 is 0 Å². The van der Waals surface area contributed by atoms with Crippen LogP contribution in [-0.2, 0) is 0 Å². The number of aromatic nitrogens is 10. The Bertz CT molecular complexity index is 4700. The summed E-state index contributed by atoms with van der Waals surface area (Å²) in [6.45, 7) is 0. The molecule has 0 bridgehead atoms. The normalized spacial score (nSPS) is 10.3. The van der Waals surface area contributed by atoms with Crippen molar-refractivity contribution >= 4 is 125 Å². The first-order valence-electron chi connectivity index (χ1n) is 26.0. The first-order valence-corrected chi connectivity index (χ1v) is 27.8. The molecule has 0 atom stereocenters. The van der Waals surface area contributed by atoms with Gasteiger partial charge in [0, 0.05) is 77.9 Å². The van der Waals surface area contributed by atoms with Crippen LogP contribution in [-0.4, -0.2) is 110 Å². The van der Waals surface area contributed by atoms with E-state index in [1.54, 1.807) is 74.0 Å². The third-order valence-corrected chi connectivity index (χ3v) is 13.9. The number of hydrogen-bond donors (Lipinski definition) is 0. The minimum Gasteiger partial charge on any atom is -0.872 e. The molecule has 0 fully saturated rings. The SMILES string of the molecule is [AlH][O]c1cccnc1-c1ncco1.[AlH][O]c1ccncc1-c1cc2c(cn1)oc1ccccc12.[AlH][O]c1ccncc1-c1nc2ccccc2o1.[Be+2].[Be+2].[O-]c1cccnc1-c1[nH+]ccc2ccccc12.[O-]c1ccncc1-c1cc2ccccc2c[nH+]1. The number of pyridine rings is 8. The molecule has 0 unspecified atom stereocenters. The zero-order chi connectivity index (χ0) is 58.3. The number of nitrogens with zero attached hydrogens (tertiary/aromatic N) is 8. The molecule has 407 valence electrons. The minimum absolute atomic E-state index is 0. The molecule has 3 radical (unpaired) electrons. The van der Waals surface area contributed by atoms with Gasteiger partial charge in [-0.15, -0.1) is 0 Å². The molecule has 0 saturated heterocycles. The van der Waals surface area contributed by atoms with Crippen LogP contribution in [0.5, 0.6) is 28.7 Å². The Kier molecular flexibility index (Phi) is 21.0. The van der Waals surface area contributed by atoms with Gasteiger partial charge in [0.25, 0.3) is 0 Å². The standard InChI is InChI=1S/C16H10N2O2.2C14H10N2O.C12H8N2O2.C8H6N2O2.3Al.2Be.3H/c19-14-5-6-17-8-12(14)13-7-11-10-3-1-2-4-15(10)20-16(11)9-18-13;17-12-6-3-8-15-14(12)13-11-5-2-1-4-10(11)7-9-16-13;17-14-5-6-15-9-12(14)13-7-10-3-1-2-4-11(10)8-16-13;15-10-5-6-13-7-8(10)12-14-9-3-1-2-4-11(9)16-12;11-6-2-1-3-9-7(6)8-10-4-5-12-8;;;;;;;;/h1-9H,(H,17,19);1-9,17H;1-9H,(H,15,17);1-7H,(H,13,15);1-5,11H;;;;;;;;/q;;;;;3*+1;2*+2;;;/p-3. The van der Waals surface area contributed by atoms with Crippen molar-refractivity contribution in [3.63, 3.8) is 0 Å². The second-order valence-corrected chi connectivity index (χ2v) is 19.0. The van der Waals surface area contributed by atoms with Gasteiger partial charge < -0.3 is 34.8 Å². The maximum Gasteiger partial charge on any atom is 2.00 e. The predicted octanol–water partition coefficient (Wildman–Crippen LogP) is 9.07. The van der Waals surface area contributed by atoms with Crippen LogP contribution < -0.4 is 31.5 Å². The number of oxazole rings is 2. The number of rotatable bonds is 8. The smallest absolute Gasteiger partial charge is 0.872 e. The maximum absolute atomic E-state index is 11.8. The van der Waals surface area contributed by atoms with Crippen molar-refractivity contribution in [2.24, 2.45) is 0 Å². The summed E-state index contributed by atoms with van der Waals surface area (Å²) in [5.74, 6) is 3.06. The Morgan fingerprint density at radius 2 is 1.08 bits per heavy atom. The number of furan rings is 1. The van der Waals surface area contributed by atoms with Crippen molar-refractivity contribution in [3.8, 4) is 85.7 Å². The van der Waals surface area contributed by atoms with Gasteiger partial charge in [0.1, 0.15) is 28.8 Å². The Balaban J connectivity index is 0.000000130. The second kappa shape index (κ2) is 29.7. The van der Waals surface area contributed by atoms with Crippen molar-refractivity contribution in [2.45, 2.75) is 0 Å². The van der Waals surface area contributed by atoms with Crippen LogP contribution in [0.3, 0.4) is 0 Å². The average Bonchev–Trinajstić information content (AvgIpc) is 2.33. The van der Waals surface area contributed by atoms with Crippen molar-refractivity contribution in [3.05, 3.63) is 238 Å². The summed E-state index contributed by atoms with van der Waals surface area (Å²) in [4.78, 5) is 39.6. The molecule has 0 spiro atoms. The Hall–Kier alpha value is -9.98. The van der Waals surface area contributed by atoms with Crippen molar-refractivity contribution < 1.29 is 44.8 Å². The topological polar surface area (TPSA) is 245 Å². The number of benzene rings is 4. The predicted molar refractivity (Wildman–Crippen MR) is 333 cm³/mol.